The van der Waals surface area contributed by atoms with E-state index >= 15 is 0 Å². The van der Waals surface area contributed by atoms with Crippen LogP contribution in [0.2, 0.25) is 0 Å². The molecule has 0 aromatic carbocycles. The van der Waals surface area contributed by atoms with Gasteiger partial charge in [-0.2, -0.15) is 5.10 Å². The van der Waals surface area contributed by atoms with Crippen molar-refractivity contribution in [2.24, 2.45) is 0 Å². The van der Waals surface area contributed by atoms with E-state index in [4.69, 9.17) is 0 Å². The van der Waals surface area contributed by atoms with Crippen molar-refractivity contribution >= 4 is 11.8 Å². The molecule has 0 unspecified atom stereocenters. The lowest BCUT2D eigenvalue weighted by atomic mass is 10.0. The molecule has 7 nitrogen and oxygen atoms in total. The van der Waals surface area contributed by atoms with E-state index in [0.717, 1.165) is 24.1 Å². The fourth-order valence-electron chi connectivity index (χ4n) is 2.89. The average molecular weight is 334 g/mol. The molecule has 1 aliphatic rings. The maximum atomic E-state index is 12.7. The molecule has 1 saturated heterocycles. The third kappa shape index (κ3) is 3.83. The first-order valence-electron chi connectivity index (χ1n) is 8.45. The summed E-state index contributed by atoms with van der Waals surface area (Å²) in [4.78, 5) is 40.4. The van der Waals surface area contributed by atoms with Crippen LogP contribution in [0.5, 0.6) is 0 Å². The van der Waals surface area contributed by atoms with Gasteiger partial charge in [0.05, 0.1) is 5.69 Å². The highest BCUT2D eigenvalue weighted by molar-refractivity contribution is 5.88. The molecule has 2 amide bonds. The second-order valence-electron chi connectivity index (χ2n) is 6.41. The molecule has 0 bridgehead atoms. The summed E-state index contributed by atoms with van der Waals surface area (Å²) < 4.78 is 1.18. The van der Waals surface area contributed by atoms with Crippen molar-refractivity contribution in [2.75, 3.05) is 20.1 Å². The predicted molar refractivity (Wildman–Crippen MR) is 90.6 cm³/mol. The van der Waals surface area contributed by atoms with E-state index in [1.54, 1.807) is 23.8 Å². The average Bonchev–Trinajstić information content (AvgIpc) is 2.53. The first-order valence-corrected chi connectivity index (χ1v) is 8.45. The predicted octanol–water partition coefficient (Wildman–Crippen LogP) is 0.720. The van der Waals surface area contributed by atoms with Crippen LogP contribution in [0, 0.1) is 13.8 Å². The van der Waals surface area contributed by atoms with Gasteiger partial charge < -0.3 is 9.80 Å². The maximum absolute atomic E-state index is 12.7. The molecular weight excluding hydrogens is 308 g/mol. The van der Waals surface area contributed by atoms with E-state index in [1.165, 1.54) is 10.7 Å². The summed E-state index contributed by atoms with van der Waals surface area (Å²) >= 11 is 0. The van der Waals surface area contributed by atoms with Crippen molar-refractivity contribution in [3.8, 4) is 0 Å². The minimum Gasteiger partial charge on any atom is -0.342 e. The highest BCUT2D eigenvalue weighted by atomic mass is 16.2. The number of piperazine rings is 1. The Morgan fingerprint density at radius 3 is 2.67 bits per heavy atom. The Bertz CT molecular complexity index is 683. The maximum Gasteiger partial charge on any atom is 0.267 e. The Labute approximate surface area is 142 Å². The van der Waals surface area contributed by atoms with Crippen molar-refractivity contribution in [1.82, 2.24) is 19.6 Å². The van der Waals surface area contributed by atoms with Gasteiger partial charge in [-0.15, -0.1) is 0 Å². The van der Waals surface area contributed by atoms with Crippen molar-refractivity contribution in [1.29, 1.82) is 0 Å². The van der Waals surface area contributed by atoms with Gasteiger partial charge in [0.15, 0.2) is 0 Å². The summed E-state index contributed by atoms with van der Waals surface area (Å²) in [6.45, 7) is 6.56. The van der Waals surface area contributed by atoms with E-state index in [0.29, 0.717) is 19.5 Å². The molecule has 0 spiro atoms. The standard InChI is InChI=1S/C17H26N4O3/c1-5-6-7-14-17(24)19(4)8-9-20(14)16(23)11-21-15(22)10-12(2)13(3)18-21/h10,14H,5-9,11H2,1-4H3/t14-/m1/s1. The van der Waals surface area contributed by atoms with Gasteiger partial charge in [0.25, 0.3) is 5.56 Å². The molecule has 0 radical (unpaired) electrons. The second kappa shape index (κ2) is 7.59. The van der Waals surface area contributed by atoms with Crippen molar-refractivity contribution in [2.45, 2.75) is 52.6 Å². The van der Waals surface area contributed by atoms with Gasteiger partial charge in [0.1, 0.15) is 12.6 Å². The summed E-state index contributed by atoms with van der Waals surface area (Å²) in [6.07, 6.45) is 2.50. The Kier molecular flexibility index (Phi) is 5.75. The number of carbonyl (C=O) groups is 2. The number of amides is 2. The molecule has 2 rings (SSSR count). The first kappa shape index (κ1) is 18.2. The highest BCUT2D eigenvalue weighted by Gasteiger charge is 2.35. The summed E-state index contributed by atoms with van der Waals surface area (Å²) in [6, 6.07) is 1.05. The van der Waals surface area contributed by atoms with E-state index in [9.17, 15) is 14.4 Å². The third-order valence-corrected chi connectivity index (χ3v) is 4.59. The number of aryl methyl sites for hydroxylation is 2. The number of likely N-dealkylation sites (N-methyl/N-ethyl adjacent to an activating group) is 1. The van der Waals surface area contributed by atoms with Crippen LogP contribution in [0.4, 0.5) is 0 Å². The van der Waals surface area contributed by atoms with Crippen LogP contribution in [0.1, 0.15) is 37.4 Å². The fourth-order valence-corrected chi connectivity index (χ4v) is 2.89. The van der Waals surface area contributed by atoms with Gasteiger partial charge >= 0.3 is 0 Å². The summed E-state index contributed by atoms with van der Waals surface area (Å²) in [7, 11) is 1.76. The van der Waals surface area contributed by atoms with Crippen LogP contribution < -0.4 is 5.56 Å². The van der Waals surface area contributed by atoms with E-state index < -0.39 is 6.04 Å². The zero-order valence-electron chi connectivity index (χ0n) is 14.9. The van der Waals surface area contributed by atoms with Crippen molar-refractivity contribution in [3.05, 3.63) is 27.7 Å². The van der Waals surface area contributed by atoms with E-state index in [2.05, 4.69) is 12.0 Å². The third-order valence-electron chi connectivity index (χ3n) is 4.59. The molecule has 1 atom stereocenters. The normalized spacial score (nSPS) is 18.2. The largest absolute Gasteiger partial charge is 0.342 e. The number of hydrogen-bond donors (Lipinski definition) is 0. The lowest BCUT2D eigenvalue weighted by Gasteiger charge is -2.39. The first-order chi connectivity index (χ1) is 11.3. The molecule has 0 saturated carbocycles. The molecule has 7 heteroatoms. The zero-order chi connectivity index (χ0) is 17.9. The van der Waals surface area contributed by atoms with Gasteiger partial charge in [-0.1, -0.05) is 19.8 Å². The highest BCUT2D eigenvalue weighted by Crippen LogP contribution is 2.16. The Morgan fingerprint density at radius 2 is 2.00 bits per heavy atom. The molecule has 132 valence electrons. The minimum absolute atomic E-state index is 0.0246. The molecule has 2 heterocycles. The summed E-state index contributed by atoms with van der Waals surface area (Å²) in [5, 5.41) is 4.19. The monoisotopic (exact) mass is 334 g/mol. The molecule has 1 aromatic rings. The van der Waals surface area contributed by atoms with Crippen LogP contribution in [-0.2, 0) is 16.1 Å². The van der Waals surface area contributed by atoms with Gasteiger partial charge in [0.2, 0.25) is 11.8 Å². The van der Waals surface area contributed by atoms with Crippen LogP contribution in [-0.4, -0.2) is 57.6 Å². The smallest absolute Gasteiger partial charge is 0.267 e. The van der Waals surface area contributed by atoms with Crippen LogP contribution in [0.25, 0.3) is 0 Å². The zero-order valence-corrected chi connectivity index (χ0v) is 14.9. The number of unbranched alkanes of at least 4 members (excludes halogenated alkanes) is 1. The molecule has 1 aliphatic heterocycles. The molecule has 0 aliphatic carbocycles. The van der Waals surface area contributed by atoms with Crippen molar-refractivity contribution in [3.63, 3.8) is 0 Å². The minimum atomic E-state index is -0.432. The summed E-state index contributed by atoms with van der Waals surface area (Å²) in [5.74, 6) is -0.251. The molecule has 0 N–H and O–H groups in total. The second-order valence-corrected chi connectivity index (χ2v) is 6.41. The van der Waals surface area contributed by atoms with Gasteiger partial charge in [-0.05, 0) is 25.8 Å². The van der Waals surface area contributed by atoms with Gasteiger partial charge in [0, 0.05) is 26.2 Å². The number of rotatable bonds is 5. The summed E-state index contributed by atoms with van der Waals surface area (Å²) in [5.41, 5.74) is 1.23. The topological polar surface area (TPSA) is 75.5 Å². The molecule has 1 fully saturated rings. The fraction of sp³-hybridized carbons (Fsp3) is 0.647. The van der Waals surface area contributed by atoms with Gasteiger partial charge in [-0.3, -0.25) is 14.4 Å². The van der Waals surface area contributed by atoms with Gasteiger partial charge in [-0.25, -0.2) is 4.68 Å². The lowest BCUT2D eigenvalue weighted by Crippen LogP contribution is -2.58. The molecule has 1 aromatic heterocycles. The van der Waals surface area contributed by atoms with Crippen LogP contribution >= 0.6 is 0 Å². The Hall–Kier alpha value is -2.18. The lowest BCUT2D eigenvalue weighted by molar-refractivity contribution is -0.151. The number of hydrogen-bond acceptors (Lipinski definition) is 4. The van der Waals surface area contributed by atoms with Crippen LogP contribution in [0.3, 0.4) is 0 Å². The number of carbonyl (C=O) groups excluding carboxylic acids is 2. The Morgan fingerprint density at radius 1 is 1.29 bits per heavy atom. The van der Waals surface area contributed by atoms with E-state index in [-0.39, 0.29) is 23.9 Å². The Balaban J connectivity index is 2.19. The van der Waals surface area contributed by atoms with Crippen molar-refractivity contribution < 1.29 is 9.59 Å². The molecular formula is C17H26N4O3. The quantitative estimate of drug-likeness (QED) is 0.795. The van der Waals surface area contributed by atoms with E-state index in [1.807, 2.05) is 6.92 Å². The molecule has 24 heavy (non-hydrogen) atoms. The number of nitrogens with zero attached hydrogens (tertiary/aromatic N) is 4. The van der Waals surface area contributed by atoms with Crippen LogP contribution in [0.15, 0.2) is 10.9 Å². The SMILES string of the molecule is CCCC[C@@H]1C(=O)N(C)CCN1C(=O)Cn1nc(C)c(C)cc1=O. The number of aromatic nitrogens is 2.